The SMILES string of the molecule is CCCCOCCCNCc1ccc2cnccc2c1. The summed E-state index contributed by atoms with van der Waals surface area (Å²) in [5, 5.41) is 5.91. The normalized spacial score (nSPS) is 11.1. The molecule has 1 aromatic carbocycles. The van der Waals surface area contributed by atoms with E-state index in [1.54, 1.807) is 0 Å². The van der Waals surface area contributed by atoms with Crippen molar-refractivity contribution < 1.29 is 4.74 Å². The minimum atomic E-state index is 0.858. The first-order chi connectivity index (χ1) is 9.90. The summed E-state index contributed by atoms with van der Waals surface area (Å²) in [4.78, 5) is 4.13. The van der Waals surface area contributed by atoms with Crippen LogP contribution >= 0.6 is 0 Å². The van der Waals surface area contributed by atoms with Crippen LogP contribution in [0, 0.1) is 0 Å². The van der Waals surface area contributed by atoms with E-state index in [0.29, 0.717) is 0 Å². The fourth-order valence-corrected chi connectivity index (χ4v) is 2.12. The fraction of sp³-hybridized carbons (Fsp3) is 0.471. The van der Waals surface area contributed by atoms with Gasteiger partial charge in [0.05, 0.1) is 0 Å². The molecule has 0 amide bonds. The van der Waals surface area contributed by atoms with Gasteiger partial charge in [-0.25, -0.2) is 0 Å². The number of unbranched alkanes of at least 4 members (excludes halogenated alkanes) is 1. The molecule has 0 unspecified atom stereocenters. The Hall–Kier alpha value is -1.45. The number of pyridine rings is 1. The highest BCUT2D eigenvalue weighted by Gasteiger charge is 1.96. The van der Waals surface area contributed by atoms with Crippen molar-refractivity contribution in [3.63, 3.8) is 0 Å². The minimum Gasteiger partial charge on any atom is -0.381 e. The largest absolute Gasteiger partial charge is 0.381 e. The lowest BCUT2D eigenvalue weighted by Gasteiger charge is -2.07. The first-order valence-electron chi connectivity index (χ1n) is 7.51. The molecule has 0 bridgehead atoms. The van der Waals surface area contributed by atoms with E-state index in [1.165, 1.54) is 29.2 Å². The highest BCUT2D eigenvalue weighted by Crippen LogP contribution is 2.14. The molecule has 0 aliphatic heterocycles. The van der Waals surface area contributed by atoms with Gasteiger partial charge in [0.25, 0.3) is 0 Å². The lowest BCUT2D eigenvalue weighted by molar-refractivity contribution is 0.129. The van der Waals surface area contributed by atoms with Gasteiger partial charge in [-0.3, -0.25) is 4.98 Å². The van der Waals surface area contributed by atoms with Crippen LogP contribution in [0.15, 0.2) is 36.7 Å². The molecular weight excluding hydrogens is 248 g/mol. The second kappa shape index (κ2) is 8.67. The zero-order valence-corrected chi connectivity index (χ0v) is 12.3. The van der Waals surface area contributed by atoms with Gasteiger partial charge in [0, 0.05) is 37.5 Å². The van der Waals surface area contributed by atoms with Crippen LogP contribution in [0.25, 0.3) is 10.8 Å². The van der Waals surface area contributed by atoms with Crippen molar-refractivity contribution in [1.82, 2.24) is 10.3 Å². The second-order valence-corrected chi connectivity index (χ2v) is 5.05. The minimum absolute atomic E-state index is 0.858. The summed E-state index contributed by atoms with van der Waals surface area (Å²) in [6.07, 6.45) is 7.18. The van der Waals surface area contributed by atoms with Crippen LogP contribution in [0.1, 0.15) is 31.7 Å². The molecule has 3 heteroatoms. The van der Waals surface area contributed by atoms with Gasteiger partial charge in [0.1, 0.15) is 0 Å². The Morgan fingerprint density at radius 1 is 1.10 bits per heavy atom. The molecule has 2 rings (SSSR count). The predicted octanol–water partition coefficient (Wildman–Crippen LogP) is 3.53. The molecular formula is C17H24N2O. The third-order valence-corrected chi connectivity index (χ3v) is 3.32. The lowest BCUT2D eigenvalue weighted by Crippen LogP contribution is -2.16. The van der Waals surface area contributed by atoms with Gasteiger partial charge in [0.15, 0.2) is 0 Å². The summed E-state index contributed by atoms with van der Waals surface area (Å²) in [5.41, 5.74) is 1.32. The van der Waals surface area contributed by atoms with E-state index in [2.05, 4.69) is 41.5 Å². The number of benzene rings is 1. The Morgan fingerprint density at radius 2 is 2.00 bits per heavy atom. The first-order valence-corrected chi connectivity index (χ1v) is 7.51. The van der Waals surface area contributed by atoms with E-state index in [1.807, 2.05) is 12.4 Å². The molecule has 0 saturated heterocycles. The van der Waals surface area contributed by atoms with E-state index >= 15 is 0 Å². The molecule has 1 aromatic heterocycles. The first kappa shape index (κ1) is 14.9. The van der Waals surface area contributed by atoms with Crippen LogP contribution in [0.2, 0.25) is 0 Å². The number of ether oxygens (including phenoxy) is 1. The molecule has 3 nitrogen and oxygen atoms in total. The summed E-state index contributed by atoms with van der Waals surface area (Å²) in [6.45, 7) is 5.85. The van der Waals surface area contributed by atoms with Crippen LogP contribution in [-0.4, -0.2) is 24.7 Å². The molecule has 1 heterocycles. The molecule has 0 aliphatic rings. The smallest absolute Gasteiger partial charge is 0.0478 e. The molecule has 0 fully saturated rings. The Kier molecular flexibility index (Phi) is 6.48. The average Bonchev–Trinajstić information content (AvgIpc) is 2.50. The Labute approximate surface area is 121 Å². The van der Waals surface area contributed by atoms with Crippen LogP contribution in [0.4, 0.5) is 0 Å². The van der Waals surface area contributed by atoms with Crippen LogP contribution in [-0.2, 0) is 11.3 Å². The van der Waals surface area contributed by atoms with Crippen molar-refractivity contribution in [3.05, 3.63) is 42.2 Å². The highest BCUT2D eigenvalue weighted by atomic mass is 16.5. The molecule has 1 N–H and O–H groups in total. The predicted molar refractivity (Wildman–Crippen MR) is 83.8 cm³/mol. The van der Waals surface area contributed by atoms with Gasteiger partial charge < -0.3 is 10.1 Å². The van der Waals surface area contributed by atoms with Crippen molar-refractivity contribution in [3.8, 4) is 0 Å². The van der Waals surface area contributed by atoms with E-state index in [9.17, 15) is 0 Å². The Balaban J connectivity index is 1.65. The van der Waals surface area contributed by atoms with Gasteiger partial charge in [-0.05, 0) is 42.5 Å². The van der Waals surface area contributed by atoms with Gasteiger partial charge >= 0.3 is 0 Å². The number of hydrogen-bond donors (Lipinski definition) is 1. The topological polar surface area (TPSA) is 34.1 Å². The van der Waals surface area contributed by atoms with E-state index < -0.39 is 0 Å². The third-order valence-electron chi connectivity index (χ3n) is 3.32. The standard InChI is InChI=1S/C17H24N2O/c1-2-3-10-20-11-4-8-18-13-15-5-6-17-14-19-9-7-16(17)12-15/h5-7,9,12,14,18H,2-4,8,10-11,13H2,1H3. The molecule has 0 saturated carbocycles. The summed E-state index contributed by atoms with van der Waals surface area (Å²) in [6, 6.07) is 8.57. The lowest BCUT2D eigenvalue weighted by atomic mass is 10.1. The Morgan fingerprint density at radius 3 is 2.90 bits per heavy atom. The fourth-order valence-electron chi connectivity index (χ4n) is 2.12. The summed E-state index contributed by atoms with van der Waals surface area (Å²) >= 11 is 0. The molecule has 0 radical (unpaired) electrons. The monoisotopic (exact) mass is 272 g/mol. The van der Waals surface area contributed by atoms with Crippen molar-refractivity contribution in [2.75, 3.05) is 19.8 Å². The molecule has 2 aromatic rings. The van der Waals surface area contributed by atoms with Crippen molar-refractivity contribution in [2.45, 2.75) is 32.7 Å². The number of fused-ring (bicyclic) bond motifs is 1. The summed E-state index contributed by atoms with van der Waals surface area (Å²) in [7, 11) is 0. The van der Waals surface area contributed by atoms with Crippen LogP contribution in [0.3, 0.4) is 0 Å². The summed E-state index contributed by atoms with van der Waals surface area (Å²) in [5.74, 6) is 0. The number of aromatic nitrogens is 1. The maximum absolute atomic E-state index is 5.54. The zero-order valence-electron chi connectivity index (χ0n) is 12.3. The maximum Gasteiger partial charge on any atom is 0.0478 e. The van der Waals surface area contributed by atoms with Gasteiger partial charge in [0.2, 0.25) is 0 Å². The zero-order chi connectivity index (χ0) is 14.0. The van der Waals surface area contributed by atoms with Gasteiger partial charge in [-0.2, -0.15) is 0 Å². The third kappa shape index (κ3) is 4.91. The van der Waals surface area contributed by atoms with Gasteiger partial charge in [-0.1, -0.05) is 25.5 Å². The number of hydrogen-bond acceptors (Lipinski definition) is 3. The van der Waals surface area contributed by atoms with E-state index in [0.717, 1.165) is 32.7 Å². The summed E-state index contributed by atoms with van der Waals surface area (Å²) < 4.78 is 5.54. The molecule has 0 atom stereocenters. The van der Waals surface area contributed by atoms with Crippen molar-refractivity contribution in [2.24, 2.45) is 0 Å². The van der Waals surface area contributed by atoms with E-state index in [4.69, 9.17) is 4.74 Å². The molecule has 0 spiro atoms. The number of rotatable bonds is 9. The van der Waals surface area contributed by atoms with E-state index in [-0.39, 0.29) is 0 Å². The second-order valence-electron chi connectivity index (χ2n) is 5.05. The van der Waals surface area contributed by atoms with Crippen molar-refractivity contribution in [1.29, 1.82) is 0 Å². The molecule has 20 heavy (non-hydrogen) atoms. The van der Waals surface area contributed by atoms with Crippen molar-refractivity contribution >= 4 is 10.8 Å². The highest BCUT2D eigenvalue weighted by molar-refractivity contribution is 5.81. The Bertz CT molecular complexity index is 513. The number of nitrogens with zero attached hydrogens (tertiary/aromatic N) is 1. The molecule has 108 valence electrons. The van der Waals surface area contributed by atoms with Gasteiger partial charge in [-0.15, -0.1) is 0 Å². The molecule has 0 aliphatic carbocycles. The average molecular weight is 272 g/mol. The van der Waals surface area contributed by atoms with Crippen LogP contribution in [0.5, 0.6) is 0 Å². The van der Waals surface area contributed by atoms with Crippen LogP contribution < -0.4 is 5.32 Å². The number of nitrogens with one attached hydrogen (secondary N) is 1. The quantitative estimate of drug-likeness (QED) is 0.709. The maximum atomic E-state index is 5.54.